The fourth-order valence-electron chi connectivity index (χ4n) is 5.21. The molecule has 6 nitrogen and oxygen atoms in total. The van der Waals surface area contributed by atoms with E-state index in [4.69, 9.17) is 0 Å². The van der Waals surface area contributed by atoms with E-state index in [9.17, 15) is 19.2 Å². The second-order valence-corrected chi connectivity index (χ2v) is 11.1. The maximum atomic E-state index is 13.3. The fourth-order valence-corrected chi connectivity index (χ4v) is 6.22. The normalized spacial score (nSPS) is 15.8. The lowest BCUT2D eigenvalue weighted by molar-refractivity contribution is -0.120. The average Bonchev–Trinajstić information content (AvgIpc) is 2.95. The molecular weight excluding hydrogens is 496 g/mol. The molecule has 0 spiro atoms. The number of carbonyl (C=O) groups excluding carboxylic acids is 4. The summed E-state index contributed by atoms with van der Waals surface area (Å²) in [7, 11) is 0. The lowest BCUT2D eigenvalue weighted by Gasteiger charge is -2.22. The van der Waals surface area contributed by atoms with Crippen molar-refractivity contribution in [1.82, 2.24) is 0 Å². The Morgan fingerprint density at radius 2 is 1.53 bits per heavy atom. The van der Waals surface area contributed by atoms with Gasteiger partial charge in [-0.15, -0.1) is 11.8 Å². The molecule has 2 aliphatic rings. The number of ketones is 2. The molecule has 0 aromatic heterocycles. The lowest BCUT2D eigenvalue weighted by atomic mass is 9.83. The molecule has 7 heteroatoms. The molecule has 2 amide bonds. The molecule has 0 aliphatic heterocycles. The molecule has 0 radical (unpaired) electrons. The topological polar surface area (TPSA) is 92.3 Å². The van der Waals surface area contributed by atoms with E-state index in [1.807, 2.05) is 31.2 Å². The van der Waals surface area contributed by atoms with Crippen LogP contribution in [0.2, 0.25) is 0 Å². The summed E-state index contributed by atoms with van der Waals surface area (Å²) in [4.78, 5) is 53.2. The largest absolute Gasteiger partial charge is 0.326 e. The predicted octanol–water partition coefficient (Wildman–Crippen LogP) is 6.49. The van der Waals surface area contributed by atoms with Crippen LogP contribution < -0.4 is 10.6 Å². The number of nitrogens with one attached hydrogen (secondary N) is 2. The summed E-state index contributed by atoms with van der Waals surface area (Å²) >= 11 is 1.41. The number of amides is 2. The van der Waals surface area contributed by atoms with Gasteiger partial charge in [-0.2, -0.15) is 0 Å². The Balaban J connectivity index is 1.30. The van der Waals surface area contributed by atoms with Crippen LogP contribution in [0.15, 0.2) is 71.6 Å². The Bertz CT molecular complexity index is 1410. The van der Waals surface area contributed by atoms with Gasteiger partial charge in [-0.1, -0.05) is 68.7 Å². The Morgan fingerprint density at radius 1 is 0.842 bits per heavy atom. The number of fused-ring (bicyclic) bond motifs is 2. The summed E-state index contributed by atoms with van der Waals surface area (Å²) in [5.41, 5.74) is 2.32. The Morgan fingerprint density at radius 3 is 2.26 bits per heavy atom. The third-order valence-corrected chi connectivity index (χ3v) is 8.59. The first-order chi connectivity index (χ1) is 18.5. The average molecular weight is 527 g/mol. The molecule has 194 valence electrons. The molecule has 1 atom stereocenters. The third-order valence-electron chi connectivity index (χ3n) is 7.23. The van der Waals surface area contributed by atoms with Gasteiger partial charge in [0.1, 0.15) is 0 Å². The monoisotopic (exact) mass is 526 g/mol. The van der Waals surface area contributed by atoms with Crippen molar-refractivity contribution >= 4 is 46.5 Å². The number of hydrogen-bond acceptors (Lipinski definition) is 5. The van der Waals surface area contributed by atoms with Gasteiger partial charge in [-0.3, -0.25) is 19.2 Å². The molecule has 0 saturated heterocycles. The zero-order valence-corrected chi connectivity index (χ0v) is 22.1. The molecule has 2 N–H and O–H groups in total. The summed E-state index contributed by atoms with van der Waals surface area (Å²) in [6, 6.07) is 19.3. The smallest absolute Gasteiger partial charge is 0.237 e. The minimum absolute atomic E-state index is 0.0614. The van der Waals surface area contributed by atoms with Crippen molar-refractivity contribution < 1.29 is 19.2 Å². The zero-order valence-electron chi connectivity index (χ0n) is 21.3. The molecule has 1 fully saturated rings. The first kappa shape index (κ1) is 25.9. The zero-order chi connectivity index (χ0) is 26.6. The van der Waals surface area contributed by atoms with Crippen LogP contribution in [0.3, 0.4) is 0 Å². The van der Waals surface area contributed by atoms with E-state index in [2.05, 4.69) is 10.6 Å². The highest BCUT2D eigenvalue weighted by Crippen LogP contribution is 2.34. The second kappa shape index (κ2) is 11.4. The number of rotatable bonds is 7. The van der Waals surface area contributed by atoms with Gasteiger partial charge in [0, 0.05) is 33.2 Å². The number of carbonyl (C=O) groups is 4. The van der Waals surface area contributed by atoms with Gasteiger partial charge < -0.3 is 10.6 Å². The highest BCUT2D eigenvalue weighted by atomic mass is 32.2. The van der Waals surface area contributed by atoms with Crippen molar-refractivity contribution in [2.24, 2.45) is 5.92 Å². The third kappa shape index (κ3) is 5.29. The Kier molecular flexibility index (Phi) is 7.74. The van der Waals surface area contributed by atoms with Crippen LogP contribution in [0.4, 0.5) is 11.4 Å². The summed E-state index contributed by atoms with van der Waals surface area (Å²) in [6.45, 7) is 1.93. The van der Waals surface area contributed by atoms with E-state index in [1.165, 1.54) is 18.2 Å². The van der Waals surface area contributed by atoms with Gasteiger partial charge in [0.25, 0.3) is 0 Å². The summed E-state index contributed by atoms with van der Waals surface area (Å²) < 4.78 is 0. The van der Waals surface area contributed by atoms with E-state index >= 15 is 0 Å². The van der Waals surface area contributed by atoms with E-state index in [0.717, 1.165) is 36.3 Å². The van der Waals surface area contributed by atoms with E-state index in [1.54, 1.807) is 42.5 Å². The van der Waals surface area contributed by atoms with Gasteiger partial charge in [-0.25, -0.2) is 0 Å². The Labute approximate surface area is 226 Å². The standard InChI is InChI=1S/C31H30N2O4S/c1-2-26(38-21-13-8-12-20(18-21)32-30(36)19-10-4-3-5-11-19)31(37)33-25-17-9-16-24-27(25)29(35)23-15-7-6-14-22(23)28(24)34/h6-9,12-19,26H,2-5,10-11H2,1H3,(H,32,36)(H,33,37). The number of hydrogen-bond donors (Lipinski definition) is 2. The van der Waals surface area contributed by atoms with Crippen LogP contribution in [0.1, 0.15) is 77.3 Å². The first-order valence-electron chi connectivity index (χ1n) is 13.2. The Hall–Kier alpha value is -3.71. The fraction of sp³-hybridized carbons (Fsp3) is 0.290. The predicted molar refractivity (Wildman–Crippen MR) is 150 cm³/mol. The molecule has 1 unspecified atom stereocenters. The van der Waals surface area contributed by atoms with Gasteiger partial charge >= 0.3 is 0 Å². The van der Waals surface area contributed by atoms with E-state index in [-0.39, 0.29) is 34.9 Å². The molecule has 0 bridgehead atoms. The molecule has 5 rings (SSSR count). The van der Waals surface area contributed by atoms with E-state index < -0.39 is 5.25 Å². The number of benzene rings is 3. The van der Waals surface area contributed by atoms with Crippen molar-refractivity contribution in [2.45, 2.75) is 55.6 Å². The number of anilines is 2. The maximum absolute atomic E-state index is 13.3. The summed E-state index contributed by atoms with van der Waals surface area (Å²) in [5, 5.41) is 5.52. The maximum Gasteiger partial charge on any atom is 0.237 e. The van der Waals surface area contributed by atoms with Crippen molar-refractivity contribution in [3.05, 3.63) is 89.0 Å². The molecule has 3 aromatic carbocycles. The van der Waals surface area contributed by atoms with Crippen LogP contribution >= 0.6 is 11.8 Å². The van der Waals surface area contributed by atoms with Gasteiger partial charge in [0.05, 0.1) is 16.5 Å². The molecule has 0 heterocycles. The SMILES string of the molecule is CCC(Sc1cccc(NC(=O)C2CCCCC2)c1)C(=O)Nc1cccc2c1C(=O)c1ccccc1C2=O. The van der Waals surface area contributed by atoms with Crippen molar-refractivity contribution in [1.29, 1.82) is 0 Å². The van der Waals surface area contributed by atoms with Crippen LogP contribution in [0.25, 0.3) is 0 Å². The molecule has 2 aliphatic carbocycles. The lowest BCUT2D eigenvalue weighted by Crippen LogP contribution is -2.28. The summed E-state index contributed by atoms with van der Waals surface area (Å²) in [6.07, 6.45) is 5.80. The highest BCUT2D eigenvalue weighted by Gasteiger charge is 2.32. The van der Waals surface area contributed by atoms with Crippen molar-refractivity contribution in [3.8, 4) is 0 Å². The summed E-state index contributed by atoms with van der Waals surface area (Å²) in [5.74, 6) is -0.617. The first-order valence-corrected chi connectivity index (χ1v) is 14.0. The van der Waals surface area contributed by atoms with Gasteiger partial charge in [0.15, 0.2) is 11.6 Å². The number of thioether (sulfide) groups is 1. The van der Waals surface area contributed by atoms with Gasteiger partial charge in [-0.05, 0) is 43.5 Å². The molecule has 3 aromatic rings. The van der Waals surface area contributed by atoms with Crippen LogP contribution in [0, 0.1) is 5.92 Å². The molecular formula is C31H30N2O4S. The van der Waals surface area contributed by atoms with Crippen molar-refractivity contribution in [2.75, 3.05) is 10.6 Å². The van der Waals surface area contributed by atoms with Crippen LogP contribution in [-0.4, -0.2) is 28.6 Å². The van der Waals surface area contributed by atoms with Crippen molar-refractivity contribution in [3.63, 3.8) is 0 Å². The minimum atomic E-state index is -0.433. The van der Waals surface area contributed by atoms with Gasteiger partial charge in [0.2, 0.25) is 11.8 Å². The van der Waals surface area contributed by atoms with E-state index in [0.29, 0.717) is 28.8 Å². The second-order valence-electron chi connectivity index (χ2n) is 9.79. The van der Waals surface area contributed by atoms with Crippen LogP contribution in [-0.2, 0) is 9.59 Å². The minimum Gasteiger partial charge on any atom is -0.326 e. The van der Waals surface area contributed by atoms with Crippen LogP contribution in [0.5, 0.6) is 0 Å². The molecule has 1 saturated carbocycles. The highest BCUT2D eigenvalue weighted by molar-refractivity contribution is 8.00. The quantitative estimate of drug-likeness (QED) is 0.269. The molecule has 38 heavy (non-hydrogen) atoms.